The molecule has 3 aromatic carbocycles. The van der Waals surface area contributed by atoms with Crippen molar-refractivity contribution < 1.29 is 9.18 Å². The molecule has 0 radical (unpaired) electrons. The lowest BCUT2D eigenvalue weighted by molar-refractivity contribution is -0.118. The highest BCUT2D eigenvalue weighted by atomic mass is 19.1. The molecule has 0 unspecified atom stereocenters. The van der Waals surface area contributed by atoms with Crippen molar-refractivity contribution in [3.8, 4) is 22.5 Å². The third-order valence-electron chi connectivity index (χ3n) is 6.88. The van der Waals surface area contributed by atoms with E-state index in [4.69, 9.17) is 10.7 Å². The van der Waals surface area contributed by atoms with Crippen LogP contribution in [0.4, 0.5) is 10.1 Å². The van der Waals surface area contributed by atoms with Gasteiger partial charge in [-0.1, -0.05) is 42.5 Å². The van der Waals surface area contributed by atoms with E-state index in [1.807, 2.05) is 48.5 Å². The summed E-state index contributed by atoms with van der Waals surface area (Å²) in [6.45, 7) is 3.38. The van der Waals surface area contributed by atoms with E-state index in [1.54, 1.807) is 0 Å². The fourth-order valence-corrected chi connectivity index (χ4v) is 5.20. The van der Waals surface area contributed by atoms with Crippen molar-refractivity contribution >= 4 is 22.6 Å². The van der Waals surface area contributed by atoms with Gasteiger partial charge in [-0.05, 0) is 35.4 Å². The zero-order chi connectivity index (χ0) is 22.7. The van der Waals surface area contributed by atoms with Crippen molar-refractivity contribution in [2.24, 2.45) is 5.73 Å². The van der Waals surface area contributed by atoms with Crippen molar-refractivity contribution in [2.45, 2.75) is 5.92 Å². The highest BCUT2D eigenvalue weighted by Gasteiger charge is 2.34. The second kappa shape index (κ2) is 7.42. The molecule has 4 aromatic rings. The van der Waals surface area contributed by atoms with E-state index in [-0.39, 0.29) is 11.7 Å². The summed E-state index contributed by atoms with van der Waals surface area (Å²) in [5.74, 6) is -0.458. The van der Waals surface area contributed by atoms with Crippen LogP contribution in [0.1, 0.15) is 17.0 Å². The second-order valence-electron chi connectivity index (χ2n) is 8.89. The van der Waals surface area contributed by atoms with Gasteiger partial charge in [0.05, 0.1) is 22.6 Å². The number of likely N-dealkylation sites (N-methyl/N-ethyl adjacent to an activating group) is 1. The smallest absolute Gasteiger partial charge is 0.229 e. The number of aromatic nitrogens is 2. The summed E-state index contributed by atoms with van der Waals surface area (Å²) in [4.78, 5) is 24.8. The first kappa shape index (κ1) is 19.9. The molecule has 2 aliphatic rings. The van der Waals surface area contributed by atoms with E-state index in [0.717, 1.165) is 59.5 Å². The number of piperazine rings is 1. The summed E-state index contributed by atoms with van der Waals surface area (Å²) in [7, 11) is 2.08. The lowest BCUT2D eigenvalue weighted by Crippen LogP contribution is -2.44. The van der Waals surface area contributed by atoms with Crippen molar-refractivity contribution in [3.63, 3.8) is 0 Å². The zero-order valence-electron chi connectivity index (χ0n) is 18.3. The first-order valence-electron chi connectivity index (χ1n) is 11.2. The third kappa shape index (κ3) is 3.11. The van der Waals surface area contributed by atoms with Crippen LogP contribution in [0.3, 0.4) is 0 Å². The number of nitrogens with zero attached hydrogens (tertiary/aromatic N) is 3. The zero-order valence-corrected chi connectivity index (χ0v) is 18.3. The van der Waals surface area contributed by atoms with Crippen LogP contribution in [0.25, 0.3) is 33.5 Å². The molecule has 2 heterocycles. The number of aromatic amines is 1. The van der Waals surface area contributed by atoms with E-state index >= 15 is 4.39 Å². The van der Waals surface area contributed by atoms with Gasteiger partial charge in [0.2, 0.25) is 5.91 Å². The predicted octanol–water partition coefficient (Wildman–Crippen LogP) is 3.72. The summed E-state index contributed by atoms with van der Waals surface area (Å²) >= 11 is 0. The Labute approximate surface area is 190 Å². The minimum Gasteiger partial charge on any atom is -0.369 e. The maximum Gasteiger partial charge on any atom is 0.229 e. The molecule has 1 aliphatic carbocycles. The number of hydrogen-bond acceptors (Lipinski definition) is 4. The van der Waals surface area contributed by atoms with Crippen LogP contribution >= 0.6 is 0 Å². The third-order valence-corrected chi connectivity index (χ3v) is 6.88. The van der Waals surface area contributed by atoms with Crippen LogP contribution in [-0.4, -0.2) is 54.0 Å². The Morgan fingerprint density at radius 2 is 1.76 bits per heavy atom. The molecule has 3 N–H and O–H groups in total. The molecule has 6 nitrogen and oxygen atoms in total. The quantitative estimate of drug-likeness (QED) is 0.508. The van der Waals surface area contributed by atoms with Gasteiger partial charge in [-0.25, -0.2) is 9.37 Å². The molecule has 7 heteroatoms. The molecule has 1 saturated heterocycles. The minimum absolute atomic E-state index is 0.250. The van der Waals surface area contributed by atoms with Gasteiger partial charge >= 0.3 is 0 Å². The van der Waals surface area contributed by atoms with Gasteiger partial charge in [0.15, 0.2) is 0 Å². The highest BCUT2D eigenvalue weighted by molar-refractivity contribution is 6.00. The second-order valence-corrected chi connectivity index (χ2v) is 8.89. The van der Waals surface area contributed by atoms with Crippen molar-refractivity contribution in [2.75, 3.05) is 38.1 Å². The number of primary amides is 1. The number of anilines is 1. The van der Waals surface area contributed by atoms with Gasteiger partial charge in [0, 0.05) is 37.8 Å². The monoisotopic (exact) mass is 441 g/mol. The van der Waals surface area contributed by atoms with Gasteiger partial charge in [0.1, 0.15) is 11.6 Å². The van der Waals surface area contributed by atoms with Crippen LogP contribution in [0, 0.1) is 5.82 Å². The summed E-state index contributed by atoms with van der Waals surface area (Å²) in [5.41, 5.74) is 12.3. The Morgan fingerprint density at radius 1 is 1.03 bits per heavy atom. The number of imidazole rings is 1. The average molecular weight is 442 g/mol. The maximum atomic E-state index is 15.0. The first-order valence-corrected chi connectivity index (χ1v) is 11.2. The normalized spacial score (nSPS) is 17.9. The number of rotatable bonds is 3. The number of halogens is 1. The molecular formula is C26H24FN5O. The first-order chi connectivity index (χ1) is 16.0. The number of carbonyl (C=O) groups is 1. The largest absolute Gasteiger partial charge is 0.369 e. The predicted molar refractivity (Wildman–Crippen MR) is 128 cm³/mol. The van der Waals surface area contributed by atoms with E-state index in [1.165, 1.54) is 6.07 Å². The maximum absolute atomic E-state index is 15.0. The van der Waals surface area contributed by atoms with Crippen LogP contribution in [0.2, 0.25) is 0 Å². The number of fused-ring (bicyclic) bond motifs is 4. The molecular weight excluding hydrogens is 417 g/mol. The molecule has 1 amide bonds. The summed E-state index contributed by atoms with van der Waals surface area (Å²) < 4.78 is 15.0. The van der Waals surface area contributed by atoms with E-state index in [2.05, 4.69) is 21.8 Å². The molecule has 1 aliphatic heterocycles. The Morgan fingerprint density at radius 3 is 2.55 bits per heavy atom. The van der Waals surface area contributed by atoms with Crippen LogP contribution in [0.5, 0.6) is 0 Å². The Kier molecular flexibility index (Phi) is 4.48. The standard InChI is InChI=1S/C26H24FN5O/c1-31-9-11-32(12-10-31)22-14-21-20(13-19(22)27)29-26(30-21)18-8-4-7-17-23(18)15-5-2-3-6-16(15)24(17)25(28)33/h2-8,13-14,24H,9-12H2,1H3,(H2,28,33)(H,29,30)/t24-/m1/s1. The van der Waals surface area contributed by atoms with E-state index in [0.29, 0.717) is 17.0 Å². The minimum atomic E-state index is -0.484. The molecule has 0 bridgehead atoms. The number of H-pyrrole nitrogens is 1. The van der Waals surface area contributed by atoms with Crippen LogP contribution in [0.15, 0.2) is 54.6 Å². The number of amides is 1. The van der Waals surface area contributed by atoms with E-state index < -0.39 is 5.92 Å². The highest BCUT2D eigenvalue weighted by Crippen LogP contribution is 2.48. The number of nitrogens with one attached hydrogen (secondary N) is 1. The molecule has 1 aromatic heterocycles. The van der Waals surface area contributed by atoms with Gasteiger partial charge in [0.25, 0.3) is 0 Å². The van der Waals surface area contributed by atoms with Crippen molar-refractivity contribution in [3.05, 3.63) is 71.5 Å². The van der Waals surface area contributed by atoms with Gasteiger partial charge in [-0.3, -0.25) is 4.79 Å². The Hall–Kier alpha value is -3.71. The fraction of sp³-hybridized carbons (Fsp3) is 0.231. The SMILES string of the molecule is CN1CCN(c2cc3nc(-c4cccc5c4-c4ccccc4[C@H]5C(N)=O)[nH]c3cc2F)CC1. The van der Waals surface area contributed by atoms with Gasteiger partial charge in [-0.2, -0.15) is 0 Å². The molecule has 0 spiro atoms. The molecule has 33 heavy (non-hydrogen) atoms. The Bertz CT molecular complexity index is 1400. The average Bonchev–Trinajstić information content (AvgIpc) is 3.37. The lowest BCUT2D eigenvalue weighted by atomic mass is 9.95. The number of benzene rings is 3. The topological polar surface area (TPSA) is 78.2 Å². The van der Waals surface area contributed by atoms with Crippen LogP contribution < -0.4 is 10.6 Å². The fourth-order valence-electron chi connectivity index (χ4n) is 5.20. The molecule has 1 atom stereocenters. The van der Waals surface area contributed by atoms with Gasteiger partial charge in [-0.15, -0.1) is 0 Å². The van der Waals surface area contributed by atoms with E-state index in [9.17, 15) is 4.79 Å². The molecule has 1 fully saturated rings. The Balaban J connectivity index is 1.48. The summed E-state index contributed by atoms with van der Waals surface area (Å²) in [6.07, 6.45) is 0. The van der Waals surface area contributed by atoms with Gasteiger partial charge < -0.3 is 20.5 Å². The van der Waals surface area contributed by atoms with Crippen molar-refractivity contribution in [1.29, 1.82) is 0 Å². The number of nitrogens with two attached hydrogens (primary N) is 1. The van der Waals surface area contributed by atoms with Crippen molar-refractivity contribution in [1.82, 2.24) is 14.9 Å². The molecule has 0 saturated carbocycles. The number of carbonyl (C=O) groups excluding carboxylic acids is 1. The summed E-state index contributed by atoms with van der Waals surface area (Å²) in [5, 5.41) is 0. The number of hydrogen-bond donors (Lipinski definition) is 2. The molecule has 166 valence electrons. The lowest BCUT2D eigenvalue weighted by Gasteiger charge is -2.34. The van der Waals surface area contributed by atoms with Crippen LogP contribution in [-0.2, 0) is 4.79 Å². The molecule has 6 rings (SSSR count). The summed E-state index contributed by atoms with van der Waals surface area (Å²) in [6, 6.07) is 17.0.